The van der Waals surface area contributed by atoms with Gasteiger partial charge >= 0.3 is 0 Å². The molecule has 5 heteroatoms. The third-order valence-corrected chi connectivity index (χ3v) is 2.90. The fourth-order valence-electron chi connectivity index (χ4n) is 1.62. The number of halogens is 1. The predicted molar refractivity (Wildman–Crippen MR) is 64.0 cm³/mol. The molecule has 16 heavy (non-hydrogen) atoms. The van der Waals surface area contributed by atoms with Gasteiger partial charge in [-0.05, 0) is 25.1 Å². The smallest absolute Gasteiger partial charge is 0.192 e. The molecule has 3 aromatic rings. The minimum absolute atomic E-state index is 0.687. The summed E-state index contributed by atoms with van der Waals surface area (Å²) in [6.45, 7) is 1.89. The van der Waals surface area contributed by atoms with Crippen molar-refractivity contribution in [3.8, 4) is 11.6 Å². The molecule has 0 radical (unpaired) electrons. The fraction of sp³-hybridized carbons (Fsp3) is 0.0909. The Morgan fingerprint density at radius 1 is 1.38 bits per heavy atom. The number of fused-ring (bicyclic) bond motifs is 1. The number of nitrogens with one attached hydrogen (secondary N) is 1. The molecule has 0 saturated carbocycles. The van der Waals surface area contributed by atoms with Gasteiger partial charge in [-0.3, -0.25) is 0 Å². The lowest BCUT2D eigenvalue weighted by Gasteiger charge is -1.89. The average molecular weight is 278 g/mol. The molecule has 0 fully saturated rings. The van der Waals surface area contributed by atoms with Gasteiger partial charge < -0.3 is 9.40 Å². The van der Waals surface area contributed by atoms with Gasteiger partial charge in [-0.1, -0.05) is 15.9 Å². The minimum atomic E-state index is 0.687. The van der Waals surface area contributed by atoms with Gasteiger partial charge in [0, 0.05) is 4.47 Å². The molecule has 0 aliphatic rings. The van der Waals surface area contributed by atoms with Crippen molar-refractivity contribution in [3.05, 3.63) is 34.8 Å². The number of rotatable bonds is 1. The Labute approximate surface area is 99.8 Å². The molecule has 0 bridgehead atoms. The SMILES string of the molecule is Cc1ncoc1-c1nc2ccc(Br)cc2[nH]1. The standard InChI is InChI=1S/C11H8BrN3O/c1-6-10(16-5-13-6)11-14-8-3-2-7(12)4-9(8)15-11/h2-5H,1H3,(H,14,15). The molecule has 2 heterocycles. The third-order valence-electron chi connectivity index (χ3n) is 2.40. The van der Waals surface area contributed by atoms with E-state index in [4.69, 9.17) is 4.42 Å². The van der Waals surface area contributed by atoms with Gasteiger partial charge in [0.2, 0.25) is 0 Å². The molecule has 3 rings (SSSR count). The lowest BCUT2D eigenvalue weighted by molar-refractivity contribution is 0.567. The number of aromatic amines is 1. The number of H-pyrrole nitrogens is 1. The second kappa shape index (κ2) is 3.45. The molecule has 4 nitrogen and oxygen atoms in total. The molecule has 1 aromatic carbocycles. The van der Waals surface area contributed by atoms with Crippen LogP contribution in [0, 0.1) is 6.92 Å². The van der Waals surface area contributed by atoms with Crippen molar-refractivity contribution >= 4 is 27.0 Å². The van der Waals surface area contributed by atoms with E-state index in [1.54, 1.807) is 0 Å². The average Bonchev–Trinajstić information content (AvgIpc) is 2.82. The molecule has 0 amide bonds. The van der Waals surface area contributed by atoms with Crippen LogP contribution in [0.1, 0.15) is 5.69 Å². The zero-order chi connectivity index (χ0) is 11.1. The van der Waals surface area contributed by atoms with E-state index in [0.717, 1.165) is 21.2 Å². The summed E-state index contributed by atoms with van der Waals surface area (Å²) < 4.78 is 6.31. The van der Waals surface area contributed by atoms with E-state index in [1.807, 2.05) is 25.1 Å². The topological polar surface area (TPSA) is 54.7 Å². The van der Waals surface area contributed by atoms with E-state index < -0.39 is 0 Å². The third kappa shape index (κ3) is 1.44. The number of aryl methyl sites for hydroxylation is 1. The van der Waals surface area contributed by atoms with Crippen LogP contribution in [0.25, 0.3) is 22.6 Å². The van der Waals surface area contributed by atoms with Crippen LogP contribution < -0.4 is 0 Å². The van der Waals surface area contributed by atoms with Crippen molar-refractivity contribution in [1.82, 2.24) is 15.0 Å². The molecule has 0 unspecified atom stereocenters. The molecular weight excluding hydrogens is 270 g/mol. The van der Waals surface area contributed by atoms with Crippen LogP contribution in [0.5, 0.6) is 0 Å². The van der Waals surface area contributed by atoms with E-state index in [-0.39, 0.29) is 0 Å². The Kier molecular flexibility index (Phi) is 2.07. The molecule has 2 aromatic heterocycles. The summed E-state index contributed by atoms with van der Waals surface area (Å²) in [4.78, 5) is 11.7. The maximum absolute atomic E-state index is 5.29. The molecule has 0 aliphatic carbocycles. The van der Waals surface area contributed by atoms with Gasteiger partial charge in [0.1, 0.15) is 0 Å². The molecule has 0 saturated heterocycles. The largest absolute Gasteiger partial charge is 0.440 e. The Morgan fingerprint density at radius 2 is 2.25 bits per heavy atom. The fourth-order valence-corrected chi connectivity index (χ4v) is 1.98. The molecule has 80 valence electrons. The van der Waals surface area contributed by atoms with Crippen molar-refractivity contribution in [2.75, 3.05) is 0 Å². The summed E-state index contributed by atoms with van der Waals surface area (Å²) in [6, 6.07) is 5.89. The second-order valence-electron chi connectivity index (χ2n) is 3.51. The zero-order valence-corrected chi connectivity index (χ0v) is 10.1. The molecular formula is C11H8BrN3O. The molecule has 1 N–H and O–H groups in total. The maximum atomic E-state index is 5.29. The van der Waals surface area contributed by atoms with Gasteiger partial charge in [0.05, 0.1) is 16.7 Å². The summed E-state index contributed by atoms with van der Waals surface area (Å²) >= 11 is 3.42. The van der Waals surface area contributed by atoms with Crippen LogP contribution in [0.3, 0.4) is 0 Å². The van der Waals surface area contributed by atoms with Crippen LogP contribution in [-0.4, -0.2) is 15.0 Å². The highest BCUT2D eigenvalue weighted by Gasteiger charge is 2.11. The first kappa shape index (κ1) is 9.59. The number of hydrogen-bond donors (Lipinski definition) is 1. The van der Waals surface area contributed by atoms with E-state index in [0.29, 0.717) is 11.6 Å². The van der Waals surface area contributed by atoms with Crippen LogP contribution >= 0.6 is 15.9 Å². The van der Waals surface area contributed by atoms with Gasteiger partial charge in [0.25, 0.3) is 0 Å². The van der Waals surface area contributed by atoms with Gasteiger partial charge in [-0.2, -0.15) is 0 Å². The van der Waals surface area contributed by atoms with Crippen molar-refractivity contribution in [2.24, 2.45) is 0 Å². The summed E-state index contributed by atoms with van der Waals surface area (Å²) in [5.41, 5.74) is 2.72. The number of nitrogens with zero attached hydrogens (tertiary/aromatic N) is 2. The number of oxazole rings is 1. The number of imidazole rings is 1. The van der Waals surface area contributed by atoms with Crippen LogP contribution in [-0.2, 0) is 0 Å². The second-order valence-corrected chi connectivity index (χ2v) is 4.43. The van der Waals surface area contributed by atoms with E-state index in [1.165, 1.54) is 6.39 Å². The lowest BCUT2D eigenvalue weighted by atomic mass is 10.3. The minimum Gasteiger partial charge on any atom is -0.440 e. The highest BCUT2D eigenvalue weighted by molar-refractivity contribution is 9.10. The number of hydrogen-bond acceptors (Lipinski definition) is 3. The first-order chi connectivity index (χ1) is 7.74. The Balaban J connectivity index is 2.23. The van der Waals surface area contributed by atoms with Crippen LogP contribution in [0.2, 0.25) is 0 Å². The highest BCUT2D eigenvalue weighted by atomic mass is 79.9. The number of benzene rings is 1. The van der Waals surface area contributed by atoms with Crippen LogP contribution in [0.4, 0.5) is 0 Å². The summed E-state index contributed by atoms with van der Waals surface area (Å²) in [6.07, 6.45) is 1.42. The van der Waals surface area contributed by atoms with Crippen molar-refractivity contribution < 1.29 is 4.42 Å². The van der Waals surface area contributed by atoms with Crippen molar-refractivity contribution in [1.29, 1.82) is 0 Å². The quantitative estimate of drug-likeness (QED) is 0.743. The van der Waals surface area contributed by atoms with Crippen molar-refractivity contribution in [3.63, 3.8) is 0 Å². The monoisotopic (exact) mass is 277 g/mol. The Morgan fingerprint density at radius 3 is 3.00 bits per heavy atom. The molecule has 0 spiro atoms. The first-order valence-corrected chi connectivity index (χ1v) is 5.59. The summed E-state index contributed by atoms with van der Waals surface area (Å²) in [5.74, 6) is 1.40. The highest BCUT2D eigenvalue weighted by Crippen LogP contribution is 2.24. The predicted octanol–water partition coefficient (Wildman–Crippen LogP) is 3.29. The summed E-state index contributed by atoms with van der Waals surface area (Å²) in [5, 5.41) is 0. The van der Waals surface area contributed by atoms with E-state index in [2.05, 4.69) is 30.9 Å². The summed E-state index contributed by atoms with van der Waals surface area (Å²) in [7, 11) is 0. The molecule has 0 aliphatic heterocycles. The first-order valence-electron chi connectivity index (χ1n) is 4.80. The Hall–Kier alpha value is -1.62. The van der Waals surface area contributed by atoms with Gasteiger partial charge in [-0.15, -0.1) is 0 Å². The van der Waals surface area contributed by atoms with Gasteiger partial charge in [0.15, 0.2) is 18.0 Å². The Bertz CT molecular complexity index is 656. The van der Waals surface area contributed by atoms with Gasteiger partial charge in [-0.25, -0.2) is 9.97 Å². The zero-order valence-electron chi connectivity index (χ0n) is 8.49. The lowest BCUT2D eigenvalue weighted by Crippen LogP contribution is -1.80. The van der Waals surface area contributed by atoms with Crippen molar-refractivity contribution in [2.45, 2.75) is 6.92 Å². The van der Waals surface area contributed by atoms with Crippen LogP contribution in [0.15, 0.2) is 33.5 Å². The van der Waals surface area contributed by atoms with E-state index >= 15 is 0 Å². The molecule has 0 atom stereocenters. The van der Waals surface area contributed by atoms with E-state index in [9.17, 15) is 0 Å². The maximum Gasteiger partial charge on any atom is 0.192 e. The normalized spacial score (nSPS) is 11.1. The number of aromatic nitrogens is 3.